The number of oxazole rings is 1. The standard InChI is InChI=1S/C13H20N2O/c1-2-3-4-5-6-7-8-9-13-12(10-14)15-11-16-13/h11H,2-9H2,1H3. The van der Waals surface area contributed by atoms with E-state index >= 15 is 0 Å². The summed E-state index contributed by atoms with van der Waals surface area (Å²) in [6.07, 6.45) is 11.1. The molecular weight excluding hydrogens is 200 g/mol. The van der Waals surface area contributed by atoms with Gasteiger partial charge < -0.3 is 4.42 Å². The van der Waals surface area contributed by atoms with Gasteiger partial charge in [-0.25, -0.2) is 4.98 Å². The maximum Gasteiger partial charge on any atom is 0.182 e. The second-order valence-electron chi connectivity index (χ2n) is 4.11. The van der Waals surface area contributed by atoms with E-state index in [9.17, 15) is 0 Å². The Labute approximate surface area is 97.5 Å². The number of rotatable bonds is 8. The second-order valence-corrected chi connectivity index (χ2v) is 4.11. The number of nitrogens with zero attached hydrogens (tertiary/aromatic N) is 2. The van der Waals surface area contributed by atoms with E-state index in [4.69, 9.17) is 9.68 Å². The van der Waals surface area contributed by atoms with E-state index < -0.39 is 0 Å². The molecule has 3 nitrogen and oxygen atoms in total. The highest BCUT2D eigenvalue weighted by Gasteiger charge is 2.06. The molecule has 0 fully saturated rings. The van der Waals surface area contributed by atoms with Gasteiger partial charge in [0.1, 0.15) is 11.8 Å². The summed E-state index contributed by atoms with van der Waals surface area (Å²) < 4.78 is 5.17. The van der Waals surface area contributed by atoms with Gasteiger partial charge in [0.05, 0.1) is 0 Å². The van der Waals surface area contributed by atoms with Gasteiger partial charge in [-0.3, -0.25) is 0 Å². The van der Waals surface area contributed by atoms with Gasteiger partial charge in [-0.15, -0.1) is 0 Å². The van der Waals surface area contributed by atoms with E-state index in [1.807, 2.05) is 6.07 Å². The zero-order valence-corrected chi connectivity index (χ0v) is 10.0. The van der Waals surface area contributed by atoms with Crippen LogP contribution in [0.15, 0.2) is 10.8 Å². The molecule has 0 aliphatic carbocycles. The molecule has 0 saturated carbocycles. The Morgan fingerprint density at radius 2 is 1.88 bits per heavy atom. The summed E-state index contributed by atoms with van der Waals surface area (Å²) in [5.41, 5.74) is 0.450. The number of unbranched alkanes of at least 4 members (excludes halogenated alkanes) is 6. The predicted octanol–water partition coefficient (Wildman–Crippen LogP) is 3.84. The average Bonchev–Trinajstić information content (AvgIpc) is 2.75. The van der Waals surface area contributed by atoms with Crippen LogP contribution in [0, 0.1) is 11.3 Å². The summed E-state index contributed by atoms with van der Waals surface area (Å²) in [7, 11) is 0. The van der Waals surface area contributed by atoms with Crippen molar-refractivity contribution in [2.45, 2.75) is 58.3 Å². The fraction of sp³-hybridized carbons (Fsp3) is 0.692. The van der Waals surface area contributed by atoms with Gasteiger partial charge in [-0.2, -0.15) is 5.26 Å². The molecule has 0 unspecified atom stereocenters. The Morgan fingerprint density at radius 3 is 2.56 bits per heavy atom. The summed E-state index contributed by atoms with van der Waals surface area (Å²) in [6, 6.07) is 2.04. The van der Waals surface area contributed by atoms with Crippen LogP contribution in [0.25, 0.3) is 0 Å². The molecule has 0 aromatic carbocycles. The molecule has 0 aliphatic rings. The lowest BCUT2D eigenvalue weighted by atomic mass is 10.1. The summed E-state index contributed by atoms with van der Waals surface area (Å²) in [5, 5.41) is 8.73. The van der Waals surface area contributed by atoms with E-state index in [2.05, 4.69) is 11.9 Å². The van der Waals surface area contributed by atoms with Gasteiger partial charge in [0.2, 0.25) is 0 Å². The summed E-state index contributed by atoms with van der Waals surface area (Å²) in [5.74, 6) is 0.746. The molecule has 1 rings (SSSR count). The molecule has 0 bridgehead atoms. The normalized spacial score (nSPS) is 10.2. The Kier molecular flexibility index (Phi) is 6.32. The molecule has 0 amide bonds. The van der Waals surface area contributed by atoms with Crippen molar-refractivity contribution in [1.29, 1.82) is 5.26 Å². The molecule has 3 heteroatoms. The molecule has 1 aromatic rings. The van der Waals surface area contributed by atoms with Crippen LogP contribution in [0.2, 0.25) is 0 Å². The Hall–Kier alpha value is -1.30. The molecule has 0 spiro atoms. The Morgan fingerprint density at radius 1 is 1.19 bits per heavy atom. The van der Waals surface area contributed by atoms with Crippen LogP contribution in [0.3, 0.4) is 0 Å². The van der Waals surface area contributed by atoms with Crippen molar-refractivity contribution in [3.05, 3.63) is 17.8 Å². The van der Waals surface area contributed by atoms with Crippen molar-refractivity contribution in [1.82, 2.24) is 4.98 Å². The van der Waals surface area contributed by atoms with Crippen LogP contribution in [0.4, 0.5) is 0 Å². The van der Waals surface area contributed by atoms with E-state index in [1.165, 1.54) is 44.9 Å². The minimum absolute atomic E-state index is 0.450. The van der Waals surface area contributed by atoms with Crippen molar-refractivity contribution in [2.24, 2.45) is 0 Å². The molecule has 88 valence electrons. The first-order chi connectivity index (χ1) is 7.88. The Bertz CT molecular complexity index is 325. The van der Waals surface area contributed by atoms with E-state index in [-0.39, 0.29) is 0 Å². The fourth-order valence-corrected chi connectivity index (χ4v) is 1.78. The van der Waals surface area contributed by atoms with Crippen LogP contribution in [-0.2, 0) is 6.42 Å². The van der Waals surface area contributed by atoms with Gasteiger partial charge in [0.25, 0.3) is 0 Å². The average molecular weight is 220 g/mol. The predicted molar refractivity (Wildman–Crippen MR) is 62.9 cm³/mol. The minimum Gasteiger partial charge on any atom is -0.447 e. The zero-order chi connectivity index (χ0) is 11.6. The van der Waals surface area contributed by atoms with Crippen LogP contribution in [0.1, 0.15) is 63.3 Å². The topological polar surface area (TPSA) is 49.8 Å². The summed E-state index contributed by atoms with van der Waals surface area (Å²) >= 11 is 0. The van der Waals surface area contributed by atoms with Crippen LogP contribution < -0.4 is 0 Å². The largest absolute Gasteiger partial charge is 0.447 e. The van der Waals surface area contributed by atoms with Crippen molar-refractivity contribution in [3.8, 4) is 6.07 Å². The van der Waals surface area contributed by atoms with Crippen molar-refractivity contribution in [3.63, 3.8) is 0 Å². The quantitative estimate of drug-likeness (QED) is 0.625. The van der Waals surface area contributed by atoms with Gasteiger partial charge in [0.15, 0.2) is 12.1 Å². The van der Waals surface area contributed by atoms with Crippen LogP contribution in [0.5, 0.6) is 0 Å². The van der Waals surface area contributed by atoms with Gasteiger partial charge >= 0.3 is 0 Å². The maximum atomic E-state index is 8.73. The van der Waals surface area contributed by atoms with E-state index in [0.29, 0.717) is 5.69 Å². The SMILES string of the molecule is CCCCCCCCCc1ocnc1C#N. The lowest BCUT2D eigenvalue weighted by Gasteiger charge is -1.99. The molecule has 16 heavy (non-hydrogen) atoms. The zero-order valence-electron chi connectivity index (χ0n) is 10.0. The number of hydrogen-bond acceptors (Lipinski definition) is 3. The van der Waals surface area contributed by atoms with Gasteiger partial charge in [-0.1, -0.05) is 45.4 Å². The lowest BCUT2D eigenvalue weighted by Crippen LogP contribution is -1.88. The highest BCUT2D eigenvalue weighted by molar-refractivity contribution is 5.22. The molecular formula is C13H20N2O. The van der Waals surface area contributed by atoms with Gasteiger partial charge in [-0.05, 0) is 6.42 Å². The van der Waals surface area contributed by atoms with Crippen molar-refractivity contribution in [2.75, 3.05) is 0 Å². The molecule has 0 aliphatic heterocycles. The van der Waals surface area contributed by atoms with E-state index in [0.717, 1.165) is 18.6 Å². The number of nitriles is 1. The lowest BCUT2D eigenvalue weighted by molar-refractivity contribution is 0.486. The third-order valence-electron chi connectivity index (χ3n) is 2.75. The van der Waals surface area contributed by atoms with Crippen LogP contribution in [-0.4, -0.2) is 4.98 Å². The molecule has 1 aromatic heterocycles. The van der Waals surface area contributed by atoms with Gasteiger partial charge in [0, 0.05) is 6.42 Å². The fourth-order valence-electron chi connectivity index (χ4n) is 1.78. The molecule has 1 heterocycles. The molecule has 0 atom stereocenters. The van der Waals surface area contributed by atoms with Crippen molar-refractivity contribution >= 4 is 0 Å². The highest BCUT2D eigenvalue weighted by atomic mass is 16.3. The first-order valence-electron chi connectivity index (χ1n) is 6.21. The third-order valence-corrected chi connectivity index (χ3v) is 2.75. The molecule has 0 N–H and O–H groups in total. The van der Waals surface area contributed by atoms with E-state index in [1.54, 1.807) is 0 Å². The smallest absolute Gasteiger partial charge is 0.182 e. The maximum absolute atomic E-state index is 8.73. The highest BCUT2D eigenvalue weighted by Crippen LogP contribution is 2.12. The number of aromatic nitrogens is 1. The second kappa shape index (κ2) is 7.92. The number of aryl methyl sites for hydroxylation is 1. The Balaban J connectivity index is 2.05. The minimum atomic E-state index is 0.450. The third kappa shape index (κ3) is 4.48. The first kappa shape index (κ1) is 12.8. The monoisotopic (exact) mass is 220 g/mol. The first-order valence-corrected chi connectivity index (χ1v) is 6.21. The molecule has 0 radical (unpaired) electrons. The summed E-state index contributed by atoms with van der Waals surface area (Å²) in [4.78, 5) is 3.85. The summed E-state index contributed by atoms with van der Waals surface area (Å²) in [6.45, 7) is 2.23. The molecule has 0 saturated heterocycles. The van der Waals surface area contributed by atoms with Crippen LogP contribution >= 0.6 is 0 Å². The van der Waals surface area contributed by atoms with Crippen molar-refractivity contribution < 1.29 is 4.42 Å². The number of hydrogen-bond donors (Lipinski definition) is 0.